The molecule has 0 saturated carbocycles. The molecule has 1 unspecified atom stereocenters. The van der Waals surface area contributed by atoms with E-state index in [1.807, 2.05) is 40.6 Å². The van der Waals surface area contributed by atoms with Crippen molar-refractivity contribution in [2.75, 3.05) is 13.3 Å². The first kappa shape index (κ1) is 15.4. The third kappa shape index (κ3) is 2.72. The Morgan fingerprint density at radius 2 is 2.15 bits per heavy atom. The second-order valence-electron chi connectivity index (χ2n) is 6.30. The smallest absolute Gasteiger partial charge is 0.232 e. The van der Waals surface area contributed by atoms with Gasteiger partial charge in [-0.25, -0.2) is 0 Å². The van der Waals surface area contributed by atoms with Crippen LogP contribution in [0.4, 0.5) is 0 Å². The van der Waals surface area contributed by atoms with Gasteiger partial charge < -0.3 is 18.9 Å². The van der Waals surface area contributed by atoms with Crippen molar-refractivity contribution in [3.05, 3.63) is 47.2 Å². The summed E-state index contributed by atoms with van der Waals surface area (Å²) in [7, 11) is 0. The highest BCUT2D eigenvalue weighted by molar-refractivity contribution is 7.13. The Morgan fingerprint density at radius 3 is 3.04 bits per heavy atom. The molecule has 1 saturated heterocycles. The lowest BCUT2D eigenvalue weighted by atomic mass is 10.1. The third-order valence-corrected chi connectivity index (χ3v) is 5.42. The van der Waals surface area contributed by atoms with Gasteiger partial charge in [0.2, 0.25) is 24.4 Å². The normalized spacial score (nSPS) is 18.7. The van der Waals surface area contributed by atoms with Crippen LogP contribution in [0.15, 0.2) is 40.2 Å². The Labute approximate surface area is 153 Å². The summed E-state index contributed by atoms with van der Waals surface area (Å²) in [5, 5.41) is 6.01. The minimum Gasteiger partial charge on any atom is -0.454 e. The highest BCUT2D eigenvalue weighted by atomic mass is 32.1. The number of likely N-dealkylation sites (tertiary alicyclic amines) is 1. The molecule has 2 aromatic heterocycles. The fourth-order valence-corrected chi connectivity index (χ4v) is 3.91. The maximum Gasteiger partial charge on any atom is 0.232 e. The number of carbonyl (C=O) groups excluding carboxylic acids is 1. The van der Waals surface area contributed by atoms with E-state index in [1.54, 1.807) is 11.3 Å². The van der Waals surface area contributed by atoms with E-state index >= 15 is 0 Å². The molecule has 3 aromatic rings. The number of nitrogens with zero attached hydrogens (tertiary/aromatic N) is 3. The van der Waals surface area contributed by atoms with Gasteiger partial charge in [-0.2, -0.15) is 4.98 Å². The first-order chi connectivity index (χ1) is 12.8. The molecule has 0 aliphatic carbocycles. The van der Waals surface area contributed by atoms with Gasteiger partial charge in [0.15, 0.2) is 11.5 Å². The van der Waals surface area contributed by atoms with Gasteiger partial charge in [0.25, 0.3) is 0 Å². The molecule has 8 heteroatoms. The van der Waals surface area contributed by atoms with Crippen LogP contribution in [0.25, 0.3) is 10.7 Å². The van der Waals surface area contributed by atoms with E-state index in [4.69, 9.17) is 14.0 Å². The van der Waals surface area contributed by atoms with Crippen molar-refractivity contribution in [1.29, 1.82) is 0 Å². The van der Waals surface area contributed by atoms with Crippen molar-refractivity contribution in [3.63, 3.8) is 0 Å². The molecule has 1 aromatic carbocycles. The molecule has 132 valence electrons. The number of amides is 1. The zero-order chi connectivity index (χ0) is 17.5. The van der Waals surface area contributed by atoms with Crippen molar-refractivity contribution in [2.45, 2.75) is 18.9 Å². The minimum atomic E-state index is -0.0716. The van der Waals surface area contributed by atoms with Crippen LogP contribution >= 0.6 is 11.3 Å². The Hall–Kier alpha value is -2.87. The fourth-order valence-electron chi connectivity index (χ4n) is 3.26. The summed E-state index contributed by atoms with van der Waals surface area (Å²) in [4.78, 5) is 19.7. The zero-order valence-electron chi connectivity index (χ0n) is 13.8. The molecule has 5 rings (SSSR count). The second-order valence-corrected chi connectivity index (χ2v) is 7.24. The Kier molecular flexibility index (Phi) is 3.63. The number of benzene rings is 1. The van der Waals surface area contributed by atoms with E-state index in [2.05, 4.69) is 10.1 Å². The molecular formula is C18H15N3O4S. The second kappa shape index (κ2) is 6.14. The number of hydrogen-bond acceptors (Lipinski definition) is 7. The van der Waals surface area contributed by atoms with Crippen LogP contribution in [0, 0.1) is 0 Å². The monoisotopic (exact) mass is 369 g/mol. The Balaban J connectivity index is 1.30. The van der Waals surface area contributed by atoms with Crippen LogP contribution in [-0.4, -0.2) is 34.3 Å². The van der Waals surface area contributed by atoms with Crippen LogP contribution in [0.5, 0.6) is 11.5 Å². The highest BCUT2D eigenvalue weighted by Gasteiger charge is 2.34. The molecule has 26 heavy (non-hydrogen) atoms. The average molecular weight is 369 g/mol. The van der Waals surface area contributed by atoms with Gasteiger partial charge in [-0.1, -0.05) is 17.3 Å². The molecule has 0 bridgehead atoms. The molecule has 1 amide bonds. The lowest BCUT2D eigenvalue weighted by Crippen LogP contribution is -2.24. The van der Waals surface area contributed by atoms with Gasteiger partial charge in [-0.15, -0.1) is 11.3 Å². The quantitative estimate of drug-likeness (QED) is 0.703. The number of ether oxygens (including phenoxy) is 2. The minimum absolute atomic E-state index is 0.0716. The van der Waals surface area contributed by atoms with Gasteiger partial charge >= 0.3 is 0 Å². The van der Waals surface area contributed by atoms with Crippen molar-refractivity contribution in [2.24, 2.45) is 0 Å². The molecule has 1 fully saturated rings. The molecule has 0 radical (unpaired) electrons. The molecule has 2 aliphatic heterocycles. The SMILES string of the molecule is O=C1CC(c2nc(-c3cccs3)no2)CN1Cc1ccc2c(c1)OCO2. The van der Waals surface area contributed by atoms with E-state index in [0.717, 1.165) is 21.9 Å². The fraction of sp³-hybridized carbons (Fsp3) is 0.278. The highest BCUT2D eigenvalue weighted by Crippen LogP contribution is 2.34. The summed E-state index contributed by atoms with van der Waals surface area (Å²) >= 11 is 1.56. The van der Waals surface area contributed by atoms with E-state index in [9.17, 15) is 4.79 Å². The maximum absolute atomic E-state index is 12.4. The van der Waals surface area contributed by atoms with Crippen molar-refractivity contribution < 1.29 is 18.8 Å². The van der Waals surface area contributed by atoms with Crippen LogP contribution in [-0.2, 0) is 11.3 Å². The molecular weight excluding hydrogens is 354 g/mol. The van der Waals surface area contributed by atoms with E-state index < -0.39 is 0 Å². The van der Waals surface area contributed by atoms with Gasteiger partial charge in [0, 0.05) is 19.5 Å². The number of carbonyl (C=O) groups is 1. The molecule has 7 nitrogen and oxygen atoms in total. The Bertz CT molecular complexity index is 953. The van der Waals surface area contributed by atoms with Crippen LogP contribution in [0.1, 0.15) is 23.8 Å². The zero-order valence-corrected chi connectivity index (χ0v) is 14.6. The van der Waals surface area contributed by atoms with Gasteiger partial charge in [-0.3, -0.25) is 4.79 Å². The van der Waals surface area contributed by atoms with E-state index in [1.165, 1.54) is 0 Å². The first-order valence-corrected chi connectivity index (χ1v) is 9.18. The average Bonchev–Trinajstić information content (AvgIpc) is 3.42. The van der Waals surface area contributed by atoms with Crippen LogP contribution in [0.3, 0.4) is 0 Å². The first-order valence-electron chi connectivity index (χ1n) is 8.30. The number of fused-ring (bicyclic) bond motifs is 1. The topological polar surface area (TPSA) is 77.7 Å². The molecule has 0 spiro atoms. The maximum atomic E-state index is 12.4. The van der Waals surface area contributed by atoms with Crippen molar-refractivity contribution >= 4 is 17.2 Å². The standard InChI is InChI=1S/C18H15N3O4S/c22-16-7-12(18-19-17(20-25-18)15-2-1-5-26-15)9-21(16)8-11-3-4-13-14(6-11)24-10-23-13/h1-6,12H,7-10H2. The van der Waals surface area contributed by atoms with E-state index in [-0.39, 0.29) is 18.6 Å². The number of hydrogen-bond donors (Lipinski definition) is 0. The summed E-state index contributed by atoms with van der Waals surface area (Å²) in [5.41, 5.74) is 1.01. The van der Waals surface area contributed by atoms with Crippen molar-refractivity contribution in [1.82, 2.24) is 15.0 Å². The lowest BCUT2D eigenvalue weighted by Gasteiger charge is -2.16. The molecule has 2 aliphatic rings. The van der Waals surface area contributed by atoms with E-state index in [0.29, 0.717) is 31.2 Å². The number of aromatic nitrogens is 2. The number of rotatable bonds is 4. The van der Waals surface area contributed by atoms with Crippen molar-refractivity contribution in [3.8, 4) is 22.2 Å². The predicted molar refractivity (Wildman–Crippen MR) is 93.0 cm³/mol. The predicted octanol–water partition coefficient (Wildman–Crippen LogP) is 3.04. The summed E-state index contributed by atoms with van der Waals surface area (Å²) in [5.74, 6) is 2.59. The summed E-state index contributed by atoms with van der Waals surface area (Å²) in [6.07, 6.45) is 0.386. The van der Waals surface area contributed by atoms with Gasteiger partial charge in [0.1, 0.15) is 0 Å². The van der Waals surface area contributed by atoms with Crippen LogP contribution < -0.4 is 9.47 Å². The largest absolute Gasteiger partial charge is 0.454 e. The van der Waals surface area contributed by atoms with Gasteiger partial charge in [0.05, 0.1) is 10.8 Å². The number of thiophene rings is 1. The third-order valence-electron chi connectivity index (χ3n) is 4.56. The van der Waals surface area contributed by atoms with Gasteiger partial charge in [-0.05, 0) is 29.1 Å². The summed E-state index contributed by atoms with van der Waals surface area (Å²) < 4.78 is 16.1. The summed E-state index contributed by atoms with van der Waals surface area (Å²) in [6.45, 7) is 1.34. The summed E-state index contributed by atoms with van der Waals surface area (Å²) in [6, 6.07) is 9.65. The Morgan fingerprint density at radius 1 is 1.23 bits per heavy atom. The molecule has 0 N–H and O–H groups in total. The molecule has 1 atom stereocenters. The van der Waals surface area contributed by atoms with Crippen LogP contribution in [0.2, 0.25) is 0 Å². The lowest BCUT2D eigenvalue weighted by molar-refractivity contribution is -0.128. The molecule has 4 heterocycles.